The zero-order valence-electron chi connectivity index (χ0n) is 18.3. The van der Waals surface area contributed by atoms with Gasteiger partial charge in [-0.05, 0) is 49.2 Å². The maximum atomic E-state index is 5.90. The molecule has 2 aromatic carbocycles. The Kier molecular flexibility index (Phi) is 11.1. The largest absolute Gasteiger partial charge is 0.494 e. The quantitative estimate of drug-likeness (QED) is 0.256. The summed E-state index contributed by atoms with van der Waals surface area (Å²) in [6, 6.07) is 13.4. The molecule has 4 nitrogen and oxygen atoms in total. The Balaban J connectivity index is 1.45. The minimum absolute atomic E-state index is 0.677. The van der Waals surface area contributed by atoms with E-state index in [4.69, 9.17) is 25.4 Å². The van der Waals surface area contributed by atoms with Crippen molar-refractivity contribution >= 4 is 0 Å². The molecule has 0 fully saturated rings. The fraction of sp³-hybridized carbons (Fsp3) is 0.462. The first-order valence-corrected chi connectivity index (χ1v) is 10.8. The molecular formula is C26H34O4. The van der Waals surface area contributed by atoms with E-state index in [0.717, 1.165) is 30.8 Å². The van der Waals surface area contributed by atoms with Gasteiger partial charge in [-0.25, -0.2) is 0 Å². The van der Waals surface area contributed by atoms with Crippen molar-refractivity contribution in [2.45, 2.75) is 51.4 Å². The number of terminal acetylenes is 1. The fourth-order valence-corrected chi connectivity index (χ4v) is 3.24. The van der Waals surface area contributed by atoms with E-state index in [1.165, 1.54) is 38.5 Å². The van der Waals surface area contributed by atoms with Gasteiger partial charge < -0.3 is 18.9 Å². The van der Waals surface area contributed by atoms with Crippen molar-refractivity contribution in [1.29, 1.82) is 0 Å². The van der Waals surface area contributed by atoms with Crippen LogP contribution in [0.5, 0.6) is 23.0 Å². The summed E-state index contributed by atoms with van der Waals surface area (Å²) < 4.78 is 22.3. The van der Waals surface area contributed by atoms with Crippen molar-refractivity contribution in [1.82, 2.24) is 0 Å². The number of hydrogen-bond donors (Lipinski definition) is 0. The lowest BCUT2D eigenvalue weighted by molar-refractivity contribution is 0.267. The van der Waals surface area contributed by atoms with E-state index in [9.17, 15) is 0 Å². The zero-order valence-corrected chi connectivity index (χ0v) is 18.3. The van der Waals surface area contributed by atoms with Gasteiger partial charge in [0.2, 0.25) is 5.75 Å². The Morgan fingerprint density at radius 2 is 1.17 bits per heavy atom. The Morgan fingerprint density at radius 3 is 1.67 bits per heavy atom. The van der Waals surface area contributed by atoms with E-state index in [-0.39, 0.29) is 0 Å². The molecular weight excluding hydrogens is 376 g/mol. The van der Waals surface area contributed by atoms with Gasteiger partial charge >= 0.3 is 0 Å². The average molecular weight is 411 g/mol. The SMILES string of the molecule is C#Cc1ccc(OCCCCCCCCCCOc2c(OC)cccc2OC)cc1. The molecule has 0 atom stereocenters. The smallest absolute Gasteiger partial charge is 0.203 e. The summed E-state index contributed by atoms with van der Waals surface area (Å²) in [6.45, 7) is 1.44. The van der Waals surface area contributed by atoms with Crippen molar-refractivity contribution < 1.29 is 18.9 Å². The van der Waals surface area contributed by atoms with Gasteiger partial charge in [-0.2, -0.15) is 0 Å². The summed E-state index contributed by atoms with van der Waals surface area (Å²) >= 11 is 0. The maximum Gasteiger partial charge on any atom is 0.203 e. The van der Waals surface area contributed by atoms with E-state index in [2.05, 4.69) is 5.92 Å². The van der Waals surface area contributed by atoms with Crippen molar-refractivity contribution in [3.63, 3.8) is 0 Å². The number of unbranched alkanes of at least 4 members (excludes halogenated alkanes) is 7. The molecule has 0 saturated heterocycles. The first-order chi connectivity index (χ1) is 14.8. The molecule has 2 aromatic rings. The predicted molar refractivity (Wildman–Crippen MR) is 122 cm³/mol. The molecule has 0 aliphatic heterocycles. The van der Waals surface area contributed by atoms with Crippen LogP contribution in [0.25, 0.3) is 0 Å². The first kappa shape index (κ1) is 23.5. The Morgan fingerprint density at radius 1 is 0.667 bits per heavy atom. The number of ether oxygens (including phenoxy) is 4. The maximum absolute atomic E-state index is 5.90. The van der Waals surface area contributed by atoms with Gasteiger partial charge in [-0.1, -0.05) is 50.5 Å². The van der Waals surface area contributed by atoms with Gasteiger partial charge in [0.25, 0.3) is 0 Å². The van der Waals surface area contributed by atoms with Crippen LogP contribution in [-0.2, 0) is 0 Å². The second-order valence-corrected chi connectivity index (χ2v) is 7.19. The summed E-state index contributed by atoms with van der Waals surface area (Å²) in [5, 5.41) is 0. The number of hydrogen-bond acceptors (Lipinski definition) is 4. The minimum atomic E-state index is 0.677. The Labute approximate surface area is 181 Å². The molecule has 0 N–H and O–H groups in total. The third kappa shape index (κ3) is 8.29. The molecule has 0 radical (unpaired) electrons. The van der Waals surface area contributed by atoms with E-state index >= 15 is 0 Å². The van der Waals surface area contributed by atoms with E-state index < -0.39 is 0 Å². The highest BCUT2D eigenvalue weighted by atomic mass is 16.5. The van der Waals surface area contributed by atoms with Crippen molar-refractivity contribution in [2.24, 2.45) is 0 Å². The summed E-state index contributed by atoms with van der Waals surface area (Å²) in [5.74, 6) is 5.61. The third-order valence-electron chi connectivity index (χ3n) is 4.96. The molecule has 0 amide bonds. The highest BCUT2D eigenvalue weighted by Gasteiger charge is 2.10. The van der Waals surface area contributed by atoms with Gasteiger partial charge in [0, 0.05) is 5.56 Å². The lowest BCUT2D eigenvalue weighted by atomic mass is 10.1. The predicted octanol–water partition coefficient (Wildman–Crippen LogP) is 6.26. The molecule has 0 aromatic heterocycles. The fourth-order valence-electron chi connectivity index (χ4n) is 3.24. The third-order valence-corrected chi connectivity index (χ3v) is 4.96. The number of methoxy groups -OCH3 is 2. The number of benzene rings is 2. The van der Waals surface area contributed by atoms with Gasteiger partial charge in [0.15, 0.2) is 11.5 Å². The molecule has 30 heavy (non-hydrogen) atoms. The summed E-state index contributed by atoms with van der Waals surface area (Å²) in [5.41, 5.74) is 0.883. The summed E-state index contributed by atoms with van der Waals surface area (Å²) in [7, 11) is 3.29. The topological polar surface area (TPSA) is 36.9 Å². The molecule has 0 bridgehead atoms. The van der Waals surface area contributed by atoms with Gasteiger partial charge in [-0.3, -0.25) is 0 Å². The Bertz CT molecular complexity index is 739. The van der Waals surface area contributed by atoms with Crippen molar-refractivity contribution in [3.05, 3.63) is 48.0 Å². The lowest BCUT2D eigenvalue weighted by Crippen LogP contribution is -2.01. The number of para-hydroxylation sites is 1. The van der Waals surface area contributed by atoms with Crippen LogP contribution in [0.4, 0.5) is 0 Å². The molecule has 0 unspecified atom stereocenters. The van der Waals surface area contributed by atoms with Crippen LogP contribution in [0, 0.1) is 12.3 Å². The highest BCUT2D eigenvalue weighted by Crippen LogP contribution is 2.36. The van der Waals surface area contributed by atoms with Crippen LogP contribution >= 0.6 is 0 Å². The second kappa shape index (κ2) is 14.2. The van der Waals surface area contributed by atoms with Gasteiger partial charge in [-0.15, -0.1) is 6.42 Å². The molecule has 162 valence electrons. The van der Waals surface area contributed by atoms with Crippen molar-refractivity contribution in [2.75, 3.05) is 27.4 Å². The lowest BCUT2D eigenvalue weighted by Gasteiger charge is -2.14. The molecule has 2 rings (SSSR count). The van der Waals surface area contributed by atoms with Crippen LogP contribution in [0.1, 0.15) is 56.9 Å². The van der Waals surface area contributed by atoms with Crippen LogP contribution in [0.15, 0.2) is 42.5 Å². The van der Waals surface area contributed by atoms with Crippen LogP contribution < -0.4 is 18.9 Å². The monoisotopic (exact) mass is 410 g/mol. The normalized spacial score (nSPS) is 10.3. The van der Waals surface area contributed by atoms with Crippen LogP contribution in [0.2, 0.25) is 0 Å². The molecule has 0 saturated carbocycles. The molecule has 0 spiro atoms. The standard InChI is InChI=1S/C26H34O4/c1-4-22-16-18-23(19-17-22)29-20-11-9-7-5-6-8-10-12-21-30-26-24(27-2)14-13-15-25(26)28-3/h1,13-19H,5-12,20-21H2,2-3H3. The van der Waals surface area contributed by atoms with E-state index in [1.54, 1.807) is 14.2 Å². The van der Waals surface area contributed by atoms with Gasteiger partial charge in [0.05, 0.1) is 27.4 Å². The van der Waals surface area contributed by atoms with E-state index in [1.807, 2.05) is 42.5 Å². The van der Waals surface area contributed by atoms with E-state index in [0.29, 0.717) is 23.9 Å². The zero-order chi connectivity index (χ0) is 21.4. The summed E-state index contributed by atoms with van der Waals surface area (Å²) in [6.07, 6.45) is 14.9. The second-order valence-electron chi connectivity index (χ2n) is 7.19. The highest BCUT2D eigenvalue weighted by molar-refractivity contribution is 5.51. The average Bonchev–Trinajstić information content (AvgIpc) is 2.80. The number of rotatable bonds is 15. The summed E-state index contributed by atoms with van der Waals surface area (Å²) in [4.78, 5) is 0. The minimum Gasteiger partial charge on any atom is -0.494 e. The van der Waals surface area contributed by atoms with Gasteiger partial charge in [0.1, 0.15) is 5.75 Å². The molecule has 4 heteroatoms. The Hall–Kier alpha value is -2.80. The van der Waals surface area contributed by atoms with Crippen molar-refractivity contribution in [3.8, 4) is 35.3 Å². The van der Waals surface area contributed by atoms with Crippen LogP contribution in [0.3, 0.4) is 0 Å². The first-order valence-electron chi connectivity index (χ1n) is 10.8. The molecule has 0 aliphatic rings. The van der Waals surface area contributed by atoms with Crippen LogP contribution in [-0.4, -0.2) is 27.4 Å². The molecule has 0 aliphatic carbocycles. The molecule has 0 heterocycles.